The number of benzene rings is 1. The van der Waals surface area contributed by atoms with Gasteiger partial charge in [0.2, 0.25) is 5.88 Å². The number of nitrogens with two attached hydrogens (primary N) is 1. The van der Waals surface area contributed by atoms with Crippen molar-refractivity contribution in [2.24, 2.45) is 5.73 Å². The van der Waals surface area contributed by atoms with Gasteiger partial charge in [0.15, 0.2) is 6.61 Å². The van der Waals surface area contributed by atoms with E-state index in [2.05, 4.69) is 5.32 Å². The standard InChI is InChI=1S/C21H26N2O6/c1-6-27-21(26)17-13(5)29-20(18(17)19(22)25)23-16(24)10-28-15-9-12(4)7-8-14(15)11(2)3/h7-9,11H,6,10H2,1-5H3,(H2,22,25)(H,23,24). The van der Waals surface area contributed by atoms with Crippen LogP contribution in [0.25, 0.3) is 0 Å². The van der Waals surface area contributed by atoms with E-state index in [4.69, 9.17) is 19.6 Å². The summed E-state index contributed by atoms with van der Waals surface area (Å²) in [6, 6.07) is 5.79. The second kappa shape index (κ2) is 9.27. The van der Waals surface area contributed by atoms with Crippen molar-refractivity contribution in [3.8, 4) is 5.75 Å². The third-order valence-electron chi connectivity index (χ3n) is 4.21. The van der Waals surface area contributed by atoms with Gasteiger partial charge in [0, 0.05) is 0 Å². The fraction of sp³-hybridized carbons (Fsp3) is 0.381. The van der Waals surface area contributed by atoms with Gasteiger partial charge in [-0.25, -0.2) is 4.79 Å². The van der Waals surface area contributed by atoms with Crippen LogP contribution in [0.5, 0.6) is 5.75 Å². The number of furan rings is 1. The summed E-state index contributed by atoms with van der Waals surface area (Å²) in [5.74, 6) is -1.49. The van der Waals surface area contributed by atoms with Crippen LogP contribution in [-0.4, -0.2) is 31.0 Å². The first-order chi connectivity index (χ1) is 13.6. The number of aryl methyl sites for hydroxylation is 2. The number of primary amides is 1. The molecule has 156 valence electrons. The first-order valence-electron chi connectivity index (χ1n) is 9.29. The molecule has 0 fully saturated rings. The second-order valence-electron chi connectivity index (χ2n) is 6.85. The maximum atomic E-state index is 12.4. The van der Waals surface area contributed by atoms with E-state index in [9.17, 15) is 14.4 Å². The van der Waals surface area contributed by atoms with Gasteiger partial charge < -0.3 is 19.6 Å². The van der Waals surface area contributed by atoms with Crippen LogP contribution in [-0.2, 0) is 9.53 Å². The molecular weight excluding hydrogens is 376 g/mol. The molecular formula is C21H26N2O6. The molecule has 8 nitrogen and oxygen atoms in total. The van der Waals surface area contributed by atoms with E-state index in [1.165, 1.54) is 6.92 Å². The minimum Gasteiger partial charge on any atom is -0.483 e. The maximum Gasteiger partial charge on any atom is 0.342 e. The molecule has 1 aromatic heterocycles. The fourth-order valence-corrected chi connectivity index (χ4v) is 2.87. The Morgan fingerprint density at radius 3 is 2.45 bits per heavy atom. The van der Waals surface area contributed by atoms with Crippen LogP contribution < -0.4 is 15.8 Å². The summed E-state index contributed by atoms with van der Waals surface area (Å²) in [5, 5.41) is 2.44. The zero-order valence-electron chi connectivity index (χ0n) is 17.3. The van der Waals surface area contributed by atoms with E-state index in [0.29, 0.717) is 5.75 Å². The predicted molar refractivity (Wildman–Crippen MR) is 107 cm³/mol. The molecule has 0 bridgehead atoms. The zero-order valence-corrected chi connectivity index (χ0v) is 17.3. The number of nitrogens with one attached hydrogen (secondary N) is 1. The maximum absolute atomic E-state index is 12.4. The lowest BCUT2D eigenvalue weighted by atomic mass is 10.0. The van der Waals surface area contributed by atoms with E-state index in [0.717, 1.165) is 11.1 Å². The van der Waals surface area contributed by atoms with E-state index in [1.54, 1.807) is 6.92 Å². The molecule has 0 unspecified atom stereocenters. The van der Waals surface area contributed by atoms with Crippen molar-refractivity contribution >= 4 is 23.7 Å². The Labute approximate surface area is 169 Å². The highest BCUT2D eigenvalue weighted by atomic mass is 16.5. The monoisotopic (exact) mass is 402 g/mol. The lowest BCUT2D eigenvalue weighted by Gasteiger charge is -2.14. The number of carbonyl (C=O) groups is 3. The van der Waals surface area contributed by atoms with Crippen LogP contribution in [0.4, 0.5) is 5.88 Å². The van der Waals surface area contributed by atoms with Gasteiger partial charge in [0.05, 0.1) is 6.61 Å². The number of esters is 1. The minimum absolute atomic E-state index is 0.101. The molecule has 2 rings (SSSR count). The van der Waals surface area contributed by atoms with Gasteiger partial charge in [-0.15, -0.1) is 0 Å². The van der Waals surface area contributed by atoms with Crippen molar-refractivity contribution < 1.29 is 28.3 Å². The highest BCUT2D eigenvalue weighted by Gasteiger charge is 2.29. The lowest BCUT2D eigenvalue weighted by Crippen LogP contribution is -2.23. The summed E-state index contributed by atoms with van der Waals surface area (Å²) >= 11 is 0. The van der Waals surface area contributed by atoms with Crippen LogP contribution in [0.3, 0.4) is 0 Å². The molecule has 8 heteroatoms. The molecule has 1 heterocycles. The Morgan fingerprint density at radius 1 is 1.17 bits per heavy atom. The van der Waals surface area contributed by atoms with Gasteiger partial charge in [-0.05, 0) is 43.9 Å². The van der Waals surface area contributed by atoms with Crippen molar-refractivity contribution in [1.29, 1.82) is 0 Å². The first kappa shape index (κ1) is 22.0. The van der Waals surface area contributed by atoms with Crippen LogP contribution in [0.2, 0.25) is 0 Å². The van der Waals surface area contributed by atoms with E-state index >= 15 is 0 Å². The number of hydrogen-bond acceptors (Lipinski definition) is 6. The number of amides is 2. The molecule has 1 aromatic carbocycles. The molecule has 2 aromatic rings. The van der Waals surface area contributed by atoms with Crippen molar-refractivity contribution in [3.05, 3.63) is 46.2 Å². The highest BCUT2D eigenvalue weighted by Crippen LogP contribution is 2.29. The van der Waals surface area contributed by atoms with Crippen LogP contribution >= 0.6 is 0 Å². The quantitative estimate of drug-likeness (QED) is 0.654. The van der Waals surface area contributed by atoms with Gasteiger partial charge in [0.1, 0.15) is 22.6 Å². The summed E-state index contributed by atoms with van der Waals surface area (Å²) in [6.07, 6.45) is 0. The summed E-state index contributed by atoms with van der Waals surface area (Å²) in [5.41, 5.74) is 7.03. The molecule has 2 amide bonds. The number of ether oxygens (including phenoxy) is 2. The molecule has 29 heavy (non-hydrogen) atoms. The first-order valence-corrected chi connectivity index (χ1v) is 9.29. The topological polar surface area (TPSA) is 121 Å². The van der Waals surface area contributed by atoms with Gasteiger partial charge in [-0.3, -0.25) is 14.9 Å². The molecule has 0 aliphatic rings. The van der Waals surface area contributed by atoms with E-state index in [-0.39, 0.29) is 41.9 Å². The third-order valence-corrected chi connectivity index (χ3v) is 4.21. The lowest BCUT2D eigenvalue weighted by molar-refractivity contribution is -0.118. The van der Waals surface area contributed by atoms with Crippen LogP contribution in [0.15, 0.2) is 22.6 Å². The molecule has 0 atom stereocenters. The van der Waals surface area contributed by atoms with Gasteiger partial charge in [0.25, 0.3) is 11.8 Å². The number of rotatable bonds is 8. The summed E-state index contributed by atoms with van der Waals surface area (Å²) < 4.78 is 16.0. The Bertz CT molecular complexity index is 929. The molecule has 0 saturated carbocycles. The zero-order chi connectivity index (χ0) is 21.7. The Balaban J connectivity index is 2.20. The van der Waals surface area contributed by atoms with Gasteiger partial charge in [-0.2, -0.15) is 0 Å². The summed E-state index contributed by atoms with van der Waals surface area (Å²) in [4.78, 5) is 36.3. The van der Waals surface area contributed by atoms with Crippen molar-refractivity contribution in [3.63, 3.8) is 0 Å². The van der Waals surface area contributed by atoms with Crippen molar-refractivity contribution in [2.45, 2.75) is 40.5 Å². The van der Waals surface area contributed by atoms with E-state index < -0.39 is 17.8 Å². The largest absolute Gasteiger partial charge is 0.483 e. The fourth-order valence-electron chi connectivity index (χ4n) is 2.87. The molecule has 0 radical (unpaired) electrons. The summed E-state index contributed by atoms with van der Waals surface area (Å²) in [7, 11) is 0. The van der Waals surface area contributed by atoms with Crippen molar-refractivity contribution in [1.82, 2.24) is 0 Å². The highest BCUT2D eigenvalue weighted by molar-refractivity contribution is 6.10. The minimum atomic E-state index is -0.915. The smallest absolute Gasteiger partial charge is 0.342 e. The Morgan fingerprint density at radius 2 is 1.86 bits per heavy atom. The summed E-state index contributed by atoms with van der Waals surface area (Å²) in [6.45, 7) is 8.90. The molecule has 3 N–H and O–H groups in total. The molecule has 0 aliphatic heterocycles. The second-order valence-corrected chi connectivity index (χ2v) is 6.85. The van der Waals surface area contributed by atoms with E-state index in [1.807, 2.05) is 39.0 Å². The van der Waals surface area contributed by atoms with Gasteiger partial charge in [-0.1, -0.05) is 26.0 Å². The average Bonchev–Trinajstić information content (AvgIpc) is 2.96. The third kappa shape index (κ3) is 5.16. The SMILES string of the molecule is CCOC(=O)c1c(C)oc(NC(=O)COc2cc(C)ccc2C(C)C)c1C(N)=O. The van der Waals surface area contributed by atoms with Gasteiger partial charge >= 0.3 is 5.97 Å². The van der Waals surface area contributed by atoms with Crippen LogP contribution in [0.1, 0.15) is 64.3 Å². The normalized spacial score (nSPS) is 10.7. The molecule has 0 saturated heterocycles. The number of hydrogen-bond donors (Lipinski definition) is 2. The van der Waals surface area contributed by atoms with Crippen LogP contribution in [0, 0.1) is 13.8 Å². The van der Waals surface area contributed by atoms with Crippen molar-refractivity contribution in [2.75, 3.05) is 18.5 Å². The number of carbonyl (C=O) groups excluding carboxylic acids is 3. The predicted octanol–water partition coefficient (Wildman–Crippen LogP) is 3.31. The Hall–Kier alpha value is -3.29. The number of anilines is 1. The average molecular weight is 402 g/mol. The Kier molecular flexibility index (Phi) is 7.03. The molecule has 0 aliphatic carbocycles. The molecule has 0 spiro atoms.